The van der Waals surface area contributed by atoms with Gasteiger partial charge in [-0.05, 0) is 37.3 Å². The quantitative estimate of drug-likeness (QED) is 0.777. The molecule has 0 spiro atoms. The van der Waals surface area contributed by atoms with E-state index in [2.05, 4.69) is 17.2 Å². The van der Waals surface area contributed by atoms with Crippen molar-refractivity contribution < 1.29 is 4.74 Å². The van der Waals surface area contributed by atoms with Crippen LogP contribution in [-0.4, -0.2) is 18.1 Å². The molecule has 1 heterocycles. The highest BCUT2D eigenvalue weighted by Crippen LogP contribution is 2.30. The number of nitrogens with one attached hydrogen (secondary N) is 1. The molecule has 3 nitrogen and oxygen atoms in total. The van der Waals surface area contributed by atoms with E-state index in [9.17, 15) is 0 Å². The van der Waals surface area contributed by atoms with E-state index in [0.717, 1.165) is 37.1 Å². The lowest BCUT2D eigenvalue weighted by Gasteiger charge is -2.10. The highest BCUT2D eigenvalue weighted by atomic mass is 16.5. The second-order valence-corrected chi connectivity index (χ2v) is 4.02. The zero-order valence-electron chi connectivity index (χ0n) is 9.20. The van der Waals surface area contributed by atoms with E-state index in [0.29, 0.717) is 0 Å². The number of anilines is 1. The smallest absolute Gasteiger partial charge is 0.168 e. The largest absolute Gasteiger partial charge is 0.490 e. The van der Waals surface area contributed by atoms with Crippen molar-refractivity contribution in [2.24, 2.45) is 5.92 Å². The highest BCUT2D eigenvalue weighted by Gasteiger charge is 2.21. The predicted octanol–water partition coefficient (Wildman–Crippen LogP) is 2.69. The van der Waals surface area contributed by atoms with Crippen LogP contribution in [0.25, 0.3) is 0 Å². The normalized spacial score (nSPS) is 15.0. The minimum atomic E-state index is 0.754. The van der Waals surface area contributed by atoms with E-state index in [4.69, 9.17) is 4.74 Å². The molecular weight excluding hydrogens is 188 g/mol. The molecule has 0 saturated heterocycles. The van der Waals surface area contributed by atoms with E-state index in [1.165, 1.54) is 12.8 Å². The second-order valence-electron chi connectivity index (χ2n) is 4.02. The molecule has 1 aliphatic carbocycles. The standard InChI is InChI=1S/C12H18N2O/c1-2-8-15-11-4-3-7-13-12(11)14-9-10-5-6-10/h3-4,7,10H,2,5-6,8-9H2,1H3,(H,13,14). The molecule has 0 unspecified atom stereocenters. The number of hydrogen-bond acceptors (Lipinski definition) is 3. The number of ether oxygens (including phenoxy) is 1. The minimum absolute atomic E-state index is 0.754. The zero-order chi connectivity index (χ0) is 10.5. The molecule has 1 aromatic heterocycles. The van der Waals surface area contributed by atoms with Crippen LogP contribution in [0.5, 0.6) is 5.75 Å². The summed E-state index contributed by atoms with van der Waals surface area (Å²) in [7, 11) is 0. The Morgan fingerprint density at radius 3 is 3.13 bits per heavy atom. The monoisotopic (exact) mass is 206 g/mol. The van der Waals surface area contributed by atoms with E-state index >= 15 is 0 Å². The number of pyridine rings is 1. The van der Waals surface area contributed by atoms with Crippen LogP contribution >= 0.6 is 0 Å². The van der Waals surface area contributed by atoms with Crippen LogP contribution in [0.3, 0.4) is 0 Å². The average Bonchev–Trinajstić information content (AvgIpc) is 3.08. The molecule has 0 bridgehead atoms. The summed E-state index contributed by atoms with van der Waals surface area (Å²) in [5.74, 6) is 2.61. The van der Waals surface area contributed by atoms with Gasteiger partial charge in [0.2, 0.25) is 0 Å². The van der Waals surface area contributed by atoms with Crippen LogP contribution in [0.1, 0.15) is 26.2 Å². The lowest BCUT2D eigenvalue weighted by molar-refractivity contribution is 0.318. The second kappa shape index (κ2) is 5.01. The van der Waals surface area contributed by atoms with Crippen LogP contribution in [0, 0.1) is 5.92 Å². The maximum absolute atomic E-state index is 5.61. The lowest BCUT2D eigenvalue weighted by atomic mass is 10.4. The summed E-state index contributed by atoms with van der Waals surface area (Å²) in [6.45, 7) is 3.89. The molecule has 0 aliphatic heterocycles. The van der Waals surface area contributed by atoms with Crippen LogP contribution < -0.4 is 10.1 Å². The third kappa shape index (κ3) is 3.11. The Bertz CT molecular complexity index is 310. The molecule has 0 aromatic carbocycles. The van der Waals surface area contributed by atoms with Crippen LogP contribution in [0.4, 0.5) is 5.82 Å². The van der Waals surface area contributed by atoms with Gasteiger partial charge in [-0.25, -0.2) is 4.98 Å². The van der Waals surface area contributed by atoms with E-state index in [1.54, 1.807) is 6.20 Å². The summed E-state index contributed by atoms with van der Waals surface area (Å²) >= 11 is 0. The highest BCUT2D eigenvalue weighted by molar-refractivity contribution is 5.49. The summed E-state index contributed by atoms with van der Waals surface area (Å²) in [5, 5.41) is 3.35. The Balaban J connectivity index is 1.93. The van der Waals surface area contributed by atoms with E-state index < -0.39 is 0 Å². The molecule has 1 saturated carbocycles. The molecule has 1 fully saturated rings. The molecule has 82 valence electrons. The molecule has 1 N–H and O–H groups in total. The Morgan fingerprint density at radius 2 is 2.40 bits per heavy atom. The maximum atomic E-state index is 5.61. The van der Waals surface area contributed by atoms with E-state index in [1.807, 2.05) is 12.1 Å². The van der Waals surface area contributed by atoms with Gasteiger partial charge >= 0.3 is 0 Å². The molecule has 1 aliphatic rings. The summed E-state index contributed by atoms with van der Waals surface area (Å²) in [6.07, 6.45) is 5.53. The predicted molar refractivity (Wildman–Crippen MR) is 61.2 cm³/mol. The zero-order valence-corrected chi connectivity index (χ0v) is 9.20. The van der Waals surface area contributed by atoms with Gasteiger partial charge in [0.25, 0.3) is 0 Å². The summed E-state index contributed by atoms with van der Waals surface area (Å²) in [5.41, 5.74) is 0. The van der Waals surface area contributed by atoms with Gasteiger partial charge in [-0.15, -0.1) is 0 Å². The Morgan fingerprint density at radius 1 is 1.53 bits per heavy atom. The van der Waals surface area contributed by atoms with Crippen molar-refractivity contribution in [3.05, 3.63) is 18.3 Å². The summed E-state index contributed by atoms with van der Waals surface area (Å²) in [6, 6.07) is 3.88. The van der Waals surface area contributed by atoms with Gasteiger partial charge in [0.15, 0.2) is 11.6 Å². The van der Waals surface area contributed by atoms with Crippen molar-refractivity contribution in [3.8, 4) is 5.75 Å². The molecule has 0 amide bonds. The van der Waals surface area contributed by atoms with Gasteiger partial charge < -0.3 is 10.1 Å². The van der Waals surface area contributed by atoms with Crippen molar-refractivity contribution >= 4 is 5.82 Å². The molecule has 0 atom stereocenters. The first-order chi connectivity index (χ1) is 7.40. The van der Waals surface area contributed by atoms with Gasteiger partial charge in [-0.3, -0.25) is 0 Å². The van der Waals surface area contributed by atoms with Crippen LogP contribution in [0.15, 0.2) is 18.3 Å². The first-order valence-corrected chi connectivity index (χ1v) is 5.72. The lowest BCUT2D eigenvalue weighted by Crippen LogP contribution is -2.07. The fourth-order valence-electron chi connectivity index (χ4n) is 1.41. The molecule has 1 aromatic rings. The van der Waals surface area contributed by atoms with Gasteiger partial charge in [-0.2, -0.15) is 0 Å². The Kier molecular flexibility index (Phi) is 3.43. The molecular formula is C12H18N2O. The Labute approximate surface area is 90.9 Å². The van der Waals surface area contributed by atoms with Gasteiger partial charge in [0.1, 0.15) is 0 Å². The van der Waals surface area contributed by atoms with Crippen LogP contribution in [-0.2, 0) is 0 Å². The number of aromatic nitrogens is 1. The third-order valence-electron chi connectivity index (χ3n) is 2.49. The van der Waals surface area contributed by atoms with Crippen molar-refractivity contribution in [3.63, 3.8) is 0 Å². The first kappa shape index (κ1) is 10.3. The van der Waals surface area contributed by atoms with Crippen LogP contribution in [0.2, 0.25) is 0 Å². The summed E-state index contributed by atoms with van der Waals surface area (Å²) in [4.78, 5) is 4.30. The topological polar surface area (TPSA) is 34.1 Å². The van der Waals surface area contributed by atoms with Crippen molar-refractivity contribution in [1.29, 1.82) is 0 Å². The van der Waals surface area contributed by atoms with Crippen molar-refractivity contribution in [1.82, 2.24) is 4.98 Å². The van der Waals surface area contributed by atoms with E-state index in [-0.39, 0.29) is 0 Å². The molecule has 3 heteroatoms. The van der Waals surface area contributed by atoms with Gasteiger partial charge in [0.05, 0.1) is 6.61 Å². The van der Waals surface area contributed by atoms with Crippen molar-refractivity contribution in [2.75, 3.05) is 18.5 Å². The molecule has 2 rings (SSSR count). The number of rotatable bonds is 6. The number of nitrogens with zero attached hydrogens (tertiary/aromatic N) is 1. The first-order valence-electron chi connectivity index (χ1n) is 5.72. The van der Waals surface area contributed by atoms with Gasteiger partial charge in [0, 0.05) is 12.7 Å². The fourth-order valence-corrected chi connectivity index (χ4v) is 1.41. The summed E-state index contributed by atoms with van der Waals surface area (Å²) < 4.78 is 5.61. The Hall–Kier alpha value is -1.25. The third-order valence-corrected chi connectivity index (χ3v) is 2.49. The molecule has 15 heavy (non-hydrogen) atoms. The van der Waals surface area contributed by atoms with Crippen molar-refractivity contribution in [2.45, 2.75) is 26.2 Å². The van der Waals surface area contributed by atoms with Gasteiger partial charge in [-0.1, -0.05) is 6.92 Å². The molecule has 0 radical (unpaired) electrons. The number of hydrogen-bond donors (Lipinski definition) is 1. The minimum Gasteiger partial charge on any atom is -0.490 e. The fraction of sp³-hybridized carbons (Fsp3) is 0.583. The SMILES string of the molecule is CCCOc1cccnc1NCC1CC1. The average molecular weight is 206 g/mol. The maximum Gasteiger partial charge on any atom is 0.168 e.